The Balaban J connectivity index is 1.80. The minimum atomic E-state index is 0.834. The van der Waals surface area contributed by atoms with Crippen LogP contribution >= 0.6 is 0 Å². The van der Waals surface area contributed by atoms with Crippen molar-refractivity contribution in [3.8, 4) is 0 Å². The second kappa shape index (κ2) is 5.53. The number of piperidine rings is 1. The van der Waals surface area contributed by atoms with Gasteiger partial charge in [-0.2, -0.15) is 0 Å². The fourth-order valence-corrected chi connectivity index (χ4v) is 3.78. The Kier molecular flexibility index (Phi) is 4.29. The van der Waals surface area contributed by atoms with Gasteiger partial charge in [0.25, 0.3) is 0 Å². The molecule has 1 heteroatoms. The zero-order valence-electron chi connectivity index (χ0n) is 11.4. The Labute approximate surface area is 102 Å². The van der Waals surface area contributed by atoms with Crippen LogP contribution in [-0.2, 0) is 0 Å². The van der Waals surface area contributed by atoms with Gasteiger partial charge in [-0.15, -0.1) is 0 Å². The largest absolute Gasteiger partial charge is 0.300 e. The molecular formula is C15H29N. The first kappa shape index (κ1) is 12.4. The van der Waals surface area contributed by atoms with Crippen molar-refractivity contribution >= 4 is 0 Å². The van der Waals surface area contributed by atoms with Gasteiger partial charge in [-0.25, -0.2) is 0 Å². The van der Waals surface area contributed by atoms with E-state index in [1.54, 1.807) is 0 Å². The summed E-state index contributed by atoms with van der Waals surface area (Å²) in [6.45, 7) is 10.0. The van der Waals surface area contributed by atoms with Gasteiger partial charge in [0, 0.05) is 12.6 Å². The van der Waals surface area contributed by atoms with Gasteiger partial charge in [0.2, 0.25) is 0 Å². The number of likely N-dealkylation sites (tertiary alicyclic amines) is 1. The Morgan fingerprint density at radius 1 is 0.938 bits per heavy atom. The Morgan fingerprint density at radius 2 is 1.69 bits per heavy atom. The van der Waals surface area contributed by atoms with E-state index in [9.17, 15) is 0 Å². The second-order valence-electron chi connectivity index (χ2n) is 6.61. The Morgan fingerprint density at radius 3 is 2.38 bits per heavy atom. The number of hydrogen-bond donors (Lipinski definition) is 0. The lowest BCUT2D eigenvalue weighted by Crippen LogP contribution is -2.43. The highest BCUT2D eigenvalue weighted by molar-refractivity contribution is 4.80. The lowest BCUT2D eigenvalue weighted by atomic mass is 9.81. The molecule has 0 radical (unpaired) electrons. The molecule has 1 aliphatic heterocycles. The molecule has 2 aliphatic rings. The predicted molar refractivity (Wildman–Crippen MR) is 70.6 cm³/mol. The molecule has 0 spiro atoms. The summed E-state index contributed by atoms with van der Waals surface area (Å²) in [4.78, 5) is 2.77. The highest BCUT2D eigenvalue weighted by Gasteiger charge is 2.27. The molecule has 4 unspecified atom stereocenters. The van der Waals surface area contributed by atoms with Crippen molar-refractivity contribution in [2.24, 2.45) is 17.8 Å². The fraction of sp³-hybridized carbons (Fsp3) is 1.00. The standard InChI is InChI=1S/C15H29N/c1-12-5-4-6-15(10-12)11-16-8-7-13(2)9-14(16)3/h12-15H,4-11H2,1-3H3. The third-order valence-electron chi connectivity index (χ3n) is 4.81. The lowest BCUT2D eigenvalue weighted by molar-refractivity contribution is 0.0932. The topological polar surface area (TPSA) is 3.24 Å². The molecule has 16 heavy (non-hydrogen) atoms. The molecule has 0 aromatic carbocycles. The van der Waals surface area contributed by atoms with Crippen molar-refractivity contribution in [3.05, 3.63) is 0 Å². The summed E-state index contributed by atoms with van der Waals surface area (Å²) >= 11 is 0. The molecule has 1 saturated heterocycles. The zero-order chi connectivity index (χ0) is 11.5. The first-order valence-corrected chi connectivity index (χ1v) is 7.39. The van der Waals surface area contributed by atoms with Gasteiger partial charge in [0.15, 0.2) is 0 Å². The molecule has 1 aliphatic carbocycles. The molecule has 2 fully saturated rings. The monoisotopic (exact) mass is 223 g/mol. The molecule has 1 nitrogen and oxygen atoms in total. The summed E-state index contributed by atoms with van der Waals surface area (Å²) in [6.07, 6.45) is 8.77. The molecular weight excluding hydrogens is 194 g/mol. The molecule has 1 saturated carbocycles. The normalized spacial score (nSPS) is 42.2. The molecule has 0 N–H and O–H groups in total. The summed E-state index contributed by atoms with van der Waals surface area (Å²) in [5.74, 6) is 2.94. The summed E-state index contributed by atoms with van der Waals surface area (Å²) in [5, 5.41) is 0. The minimum absolute atomic E-state index is 0.834. The molecule has 0 aromatic rings. The quantitative estimate of drug-likeness (QED) is 0.685. The molecule has 1 heterocycles. The van der Waals surface area contributed by atoms with E-state index in [1.165, 1.54) is 51.6 Å². The van der Waals surface area contributed by atoms with Crippen LogP contribution in [0.2, 0.25) is 0 Å². The summed E-state index contributed by atoms with van der Waals surface area (Å²) in [5.41, 5.74) is 0. The lowest BCUT2D eigenvalue weighted by Gasteiger charge is -2.40. The van der Waals surface area contributed by atoms with E-state index in [0.29, 0.717) is 0 Å². The SMILES string of the molecule is CC1CCCC(CN2CCC(C)CC2C)C1. The molecule has 4 atom stereocenters. The van der Waals surface area contributed by atoms with Crippen molar-refractivity contribution < 1.29 is 0 Å². The van der Waals surface area contributed by atoms with Crippen LogP contribution in [-0.4, -0.2) is 24.0 Å². The van der Waals surface area contributed by atoms with Crippen LogP contribution in [0.15, 0.2) is 0 Å². The number of nitrogens with zero attached hydrogens (tertiary/aromatic N) is 1. The third-order valence-corrected chi connectivity index (χ3v) is 4.81. The van der Waals surface area contributed by atoms with Crippen LogP contribution in [0, 0.1) is 17.8 Å². The highest BCUT2D eigenvalue weighted by atomic mass is 15.2. The zero-order valence-corrected chi connectivity index (χ0v) is 11.4. The maximum atomic E-state index is 2.77. The van der Waals surface area contributed by atoms with Crippen LogP contribution in [0.3, 0.4) is 0 Å². The van der Waals surface area contributed by atoms with E-state index in [0.717, 1.165) is 23.8 Å². The van der Waals surface area contributed by atoms with Crippen molar-refractivity contribution in [2.75, 3.05) is 13.1 Å². The Hall–Kier alpha value is -0.0400. The van der Waals surface area contributed by atoms with Gasteiger partial charge in [-0.3, -0.25) is 0 Å². The molecule has 0 amide bonds. The van der Waals surface area contributed by atoms with Gasteiger partial charge in [0.05, 0.1) is 0 Å². The van der Waals surface area contributed by atoms with Crippen LogP contribution in [0.25, 0.3) is 0 Å². The van der Waals surface area contributed by atoms with Crippen LogP contribution in [0.1, 0.15) is 59.3 Å². The maximum absolute atomic E-state index is 2.77. The van der Waals surface area contributed by atoms with Crippen molar-refractivity contribution in [3.63, 3.8) is 0 Å². The molecule has 0 bridgehead atoms. The summed E-state index contributed by atoms with van der Waals surface area (Å²) < 4.78 is 0. The molecule has 94 valence electrons. The minimum Gasteiger partial charge on any atom is -0.300 e. The second-order valence-corrected chi connectivity index (χ2v) is 6.61. The van der Waals surface area contributed by atoms with E-state index < -0.39 is 0 Å². The smallest absolute Gasteiger partial charge is 0.00695 e. The summed E-state index contributed by atoms with van der Waals surface area (Å²) in [6, 6.07) is 0.834. The van der Waals surface area contributed by atoms with Crippen LogP contribution in [0.5, 0.6) is 0 Å². The van der Waals surface area contributed by atoms with Crippen LogP contribution < -0.4 is 0 Å². The fourth-order valence-electron chi connectivity index (χ4n) is 3.78. The average Bonchev–Trinajstić information content (AvgIpc) is 2.22. The van der Waals surface area contributed by atoms with Crippen molar-refractivity contribution in [1.29, 1.82) is 0 Å². The highest BCUT2D eigenvalue weighted by Crippen LogP contribution is 2.31. The summed E-state index contributed by atoms with van der Waals surface area (Å²) in [7, 11) is 0. The maximum Gasteiger partial charge on any atom is 0.00695 e. The average molecular weight is 223 g/mol. The Bertz CT molecular complexity index is 213. The van der Waals surface area contributed by atoms with E-state index in [2.05, 4.69) is 25.7 Å². The van der Waals surface area contributed by atoms with E-state index in [-0.39, 0.29) is 0 Å². The van der Waals surface area contributed by atoms with Crippen molar-refractivity contribution in [2.45, 2.75) is 65.3 Å². The number of hydrogen-bond acceptors (Lipinski definition) is 1. The van der Waals surface area contributed by atoms with Crippen molar-refractivity contribution in [1.82, 2.24) is 4.90 Å². The van der Waals surface area contributed by atoms with Gasteiger partial charge in [-0.05, 0) is 56.9 Å². The molecule has 0 aromatic heterocycles. The van der Waals surface area contributed by atoms with Gasteiger partial charge < -0.3 is 4.90 Å². The van der Waals surface area contributed by atoms with E-state index >= 15 is 0 Å². The van der Waals surface area contributed by atoms with E-state index in [1.807, 2.05) is 0 Å². The van der Waals surface area contributed by atoms with E-state index in [4.69, 9.17) is 0 Å². The third kappa shape index (κ3) is 3.23. The number of rotatable bonds is 2. The van der Waals surface area contributed by atoms with Crippen LogP contribution in [0.4, 0.5) is 0 Å². The molecule has 2 rings (SSSR count). The first-order valence-electron chi connectivity index (χ1n) is 7.39. The van der Waals surface area contributed by atoms with Gasteiger partial charge in [0.1, 0.15) is 0 Å². The van der Waals surface area contributed by atoms with Gasteiger partial charge >= 0.3 is 0 Å². The predicted octanol–water partition coefficient (Wildman–Crippen LogP) is 3.93. The first-order chi connectivity index (χ1) is 7.65. The van der Waals surface area contributed by atoms with Gasteiger partial charge in [-0.1, -0.05) is 26.7 Å².